The minimum Gasteiger partial charge on any atom is -0.497 e. The quantitative estimate of drug-likeness (QED) is 0.523. The highest BCUT2D eigenvalue weighted by Gasteiger charge is 2.33. The fraction of sp³-hybridized carbons (Fsp3) is 0.200. The summed E-state index contributed by atoms with van der Waals surface area (Å²) < 4.78 is 5.25. The predicted molar refractivity (Wildman–Crippen MR) is 108 cm³/mol. The second kappa shape index (κ2) is 7.61. The summed E-state index contributed by atoms with van der Waals surface area (Å²) in [6.07, 6.45) is 3.55. The number of hydrogen-bond donors (Lipinski definition) is 0. The number of allylic oxidation sites excluding steroid dienone is 1. The lowest BCUT2D eigenvalue weighted by atomic mass is 9.96. The molecule has 0 heterocycles. The SMILES string of the molecule is COc1ccc(CCC2CC2=C(c2ccccc2)c2ccccc2)cc1. The van der Waals surface area contributed by atoms with Crippen molar-refractivity contribution in [3.05, 3.63) is 107 Å². The van der Waals surface area contributed by atoms with Crippen LogP contribution in [-0.4, -0.2) is 7.11 Å². The zero-order valence-corrected chi connectivity index (χ0v) is 15.2. The Morgan fingerprint density at radius 1 is 0.808 bits per heavy atom. The van der Waals surface area contributed by atoms with Crippen molar-refractivity contribution in [1.29, 1.82) is 0 Å². The molecular formula is C25H24O. The predicted octanol–water partition coefficient (Wildman–Crippen LogP) is 6.15. The Morgan fingerprint density at radius 2 is 1.38 bits per heavy atom. The fourth-order valence-electron chi connectivity index (χ4n) is 3.67. The van der Waals surface area contributed by atoms with Crippen LogP contribution in [-0.2, 0) is 6.42 Å². The number of methoxy groups -OCH3 is 1. The Kier molecular flexibility index (Phi) is 4.88. The number of aryl methyl sites for hydroxylation is 1. The Morgan fingerprint density at radius 3 is 1.92 bits per heavy atom. The summed E-state index contributed by atoms with van der Waals surface area (Å²) in [7, 11) is 1.71. The summed E-state index contributed by atoms with van der Waals surface area (Å²) in [5, 5.41) is 0. The van der Waals surface area contributed by atoms with Gasteiger partial charge in [-0.25, -0.2) is 0 Å². The second-order valence-electron chi connectivity index (χ2n) is 6.92. The number of ether oxygens (including phenoxy) is 1. The zero-order valence-electron chi connectivity index (χ0n) is 15.2. The molecule has 1 aliphatic carbocycles. The van der Waals surface area contributed by atoms with Crippen molar-refractivity contribution in [3.63, 3.8) is 0 Å². The topological polar surface area (TPSA) is 9.23 Å². The number of hydrogen-bond acceptors (Lipinski definition) is 1. The largest absolute Gasteiger partial charge is 0.497 e. The van der Waals surface area contributed by atoms with E-state index in [9.17, 15) is 0 Å². The highest BCUT2D eigenvalue weighted by molar-refractivity contribution is 5.84. The van der Waals surface area contributed by atoms with Crippen LogP contribution in [0, 0.1) is 5.92 Å². The summed E-state index contributed by atoms with van der Waals surface area (Å²) in [5.41, 5.74) is 7.10. The minimum absolute atomic E-state index is 0.701. The molecule has 1 fully saturated rings. The third-order valence-electron chi connectivity index (χ3n) is 5.19. The van der Waals surface area contributed by atoms with Crippen LogP contribution in [0.5, 0.6) is 5.75 Å². The van der Waals surface area contributed by atoms with Gasteiger partial charge in [0.1, 0.15) is 5.75 Å². The van der Waals surface area contributed by atoms with Crippen LogP contribution in [0.1, 0.15) is 29.5 Å². The van der Waals surface area contributed by atoms with Crippen molar-refractivity contribution >= 4 is 5.57 Å². The smallest absolute Gasteiger partial charge is 0.118 e. The first-order chi connectivity index (χ1) is 12.8. The van der Waals surface area contributed by atoms with Crippen LogP contribution in [0.3, 0.4) is 0 Å². The molecule has 0 N–H and O–H groups in total. The van der Waals surface area contributed by atoms with E-state index < -0.39 is 0 Å². The van der Waals surface area contributed by atoms with Gasteiger partial charge in [0.2, 0.25) is 0 Å². The van der Waals surface area contributed by atoms with Crippen molar-refractivity contribution in [2.45, 2.75) is 19.3 Å². The molecule has 0 radical (unpaired) electrons. The summed E-state index contributed by atoms with van der Waals surface area (Å²) in [5.74, 6) is 1.63. The first kappa shape index (κ1) is 16.7. The maximum atomic E-state index is 5.25. The molecule has 1 atom stereocenters. The summed E-state index contributed by atoms with van der Waals surface area (Å²) in [4.78, 5) is 0. The molecule has 1 unspecified atom stereocenters. The van der Waals surface area contributed by atoms with Crippen LogP contribution < -0.4 is 4.74 Å². The molecule has 0 amide bonds. The molecule has 4 rings (SSSR count). The molecule has 26 heavy (non-hydrogen) atoms. The Labute approximate surface area is 156 Å². The van der Waals surface area contributed by atoms with E-state index in [2.05, 4.69) is 84.9 Å². The van der Waals surface area contributed by atoms with Gasteiger partial charge in [-0.2, -0.15) is 0 Å². The minimum atomic E-state index is 0.701. The first-order valence-electron chi connectivity index (χ1n) is 9.32. The number of rotatable bonds is 6. The molecule has 1 heteroatoms. The van der Waals surface area contributed by atoms with Crippen molar-refractivity contribution in [2.24, 2.45) is 5.92 Å². The Balaban J connectivity index is 1.53. The molecule has 3 aromatic rings. The van der Waals surface area contributed by atoms with E-state index >= 15 is 0 Å². The average molecular weight is 340 g/mol. The molecule has 1 aliphatic rings. The van der Waals surface area contributed by atoms with Crippen LogP contribution in [0.2, 0.25) is 0 Å². The molecular weight excluding hydrogens is 316 g/mol. The van der Waals surface area contributed by atoms with Gasteiger partial charge in [0.05, 0.1) is 7.11 Å². The normalized spacial score (nSPS) is 15.6. The van der Waals surface area contributed by atoms with E-state index in [1.807, 2.05) is 0 Å². The molecule has 1 nitrogen and oxygen atoms in total. The van der Waals surface area contributed by atoms with Gasteiger partial charge >= 0.3 is 0 Å². The van der Waals surface area contributed by atoms with Gasteiger partial charge in [0, 0.05) is 0 Å². The Bertz CT molecular complexity index is 835. The van der Waals surface area contributed by atoms with Crippen LogP contribution >= 0.6 is 0 Å². The molecule has 0 bridgehead atoms. The highest BCUT2D eigenvalue weighted by atomic mass is 16.5. The molecule has 0 aliphatic heterocycles. The van der Waals surface area contributed by atoms with Gasteiger partial charge in [0.15, 0.2) is 0 Å². The zero-order chi connectivity index (χ0) is 17.8. The van der Waals surface area contributed by atoms with E-state index in [1.165, 1.54) is 35.1 Å². The van der Waals surface area contributed by atoms with Crippen molar-refractivity contribution in [1.82, 2.24) is 0 Å². The summed E-state index contributed by atoms with van der Waals surface area (Å²) in [6.45, 7) is 0. The first-order valence-corrected chi connectivity index (χ1v) is 9.32. The van der Waals surface area contributed by atoms with Gasteiger partial charge in [0.25, 0.3) is 0 Å². The van der Waals surface area contributed by atoms with Gasteiger partial charge in [-0.1, -0.05) is 78.4 Å². The molecule has 130 valence electrons. The van der Waals surface area contributed by atoms with E-state index in [-0.39, 0.29) is 0 Å². The van der Waals surface area contributed by atoms with E-state index in [0.29, 0.717) is 5.92 Å². The monoisotopic (exact) mass is 340 g/mol. The van der Waals surface area contributed by atoms with Crippen LogP contribution in [0.15, 0.2) is 90.5 Å². The molecule has 0 aromatic heterocycles. The highest BCUT2D eigenvalue weighted by Crippen LogP contribution is 2.48. The van der Waals surface area contributed by atoms with Crippen LogP contribution in [0.4, 0.5) is 0 Å². The van der Waals surface area contributed by atoms with Crippen LogP contribution in [0.25, 0.3) is 5.57 Å². The van der Waals surface area contributed by atoms with Crippen molar-refractivity contribution < 1.29 is 4.74 Å². The average Bonchev–Trinajstić information content (AvgIpc) is 3.48. The third kappa shape index (κ3) is 3.72. The molecule has 1 saturated carbocycles. The van der Waals surface area contributed by atoms with E-state index in [4.69, 9.17) is 4.74 Å². The van der Waals surface area contributed by atoms with Gasteiger partial charge in [-0.15, -0.1) is 0 Å². The van der Waals surface area contributed by atoms with E-state index in [0.717, 1.165) is 12.2 Å². The van der Waals surface area contributed by atoms with Crippen molar-refractivity contribution in [2.75, 3.05) is 7.11 Å². The third-order valence-corrected chi connectivity index (χ3v) is 5.19. The van der Waals surface area contributed by atoms with E-state index in [1.54, 1.807) is 12.7 Å². The maximum absolute atomic E-state index is 5.25. The number of benzene rings is 3. The molecule has 0 saturated heterocycles. The van der Waals surface area contributed by atoms with Gasteiger partial charge in [-0.05, 0) is 59.6 Å². The molecule has 0 spiro atoms. The Hall–Kier alpha value is -2.80. The lowest BCUT2D eigenvalue weighted by molar-refractivity contribution is 0.414. The second-order valence-corrected chi connectivity index (χ2v) is 6.92. The fourth-order valence-corrected chi connectivity index (χ4v) is 3.67. The van der Waals surface area contributed by atoms with Gasteiger partial charge in [-0.3, -0.25) is 0 Å². The maximum Gasteiger partial charge on any atom is 0.118 e. The molecule has 3 aromatic carbocycles. The summed E-state index contributed by atoms with van der Waals surface area (Å²) in [6, 6.07) is 30.1. The lowest BCUT2D eigenvalue weighted by Gasteiger charge is -2.09. The van der Waals surface area contributed by atoms with Crippen molar-refractivity contribution in [3.8, 4) is 5.75 Å². The summed E-state index contributed by atoms with van der Waals surface area (Å²) >= 11 is 0. The van der Waals surface area contributed by atoms with Gasteiger partial charge < -0.3 is 4.74 Å². The standard InChI is InChI=1S/C25H24O/c1-26-23-16-13-19(14-17-23)12-15-22-18-24(22)25(20-8-4-2-5-9-20)21-10-6-3-7-11-21/h2-11,13-14,16-17,22H,12,15,18H2,1H3. The lowest BCUT2D eigenvalue weighted by Crippen LogP contribution is -1.91.